The number of hydrogen-bond donors (Lipinski definition) is 1. The molecule has 3 nitrogen and oxygen atoms in total. The van der Waals surface area contributed by atoms with Gasteiger partial charge in [-0.25, -0.2) is 4.39 Å². The summed E-state index contributed by atoms with van der Waals surface area (Å²) in [6.07, 6.45) is 0.907. The molecule has 2 atom stereocenters. The first-order valence-electron chi connectivity index (χ1n) is 5.97. The topological polar surface area (TPSA) is 46.3 Å². The number of carbonyl (C=O) groups is 1. The van der Waals surface area contributed by atoms with E-state index in [1.54, 1.807) is 11.0 Å². The van der Waals surface area contributed by atoms with Crippen molar-refractivity contribution in [3.05, 3.63) is 34.1 Å². The van der Waals surface area contributed by atoms with Crippen LogP contribution < -0.4 is 5.73 Å². The van der Waals surface area contributed by atoms with Gasteiger partial charge in [-0.15, -0.1) is 0 Å². The van der Waals surface area contributed by atoms with Crippen LogP contribution in [0.25, 0.3) is 0 Å². The molecule has 1 aliphatic rings. The zero-order chi connectivity index (χ0) is 13.3. The van der Waals surface area contributed by atoms with Crippen LogP contribution >= 0.6 is 15.9 Å². The van der Waals surface area contributed by atoms with Gasteiger partial charge in [0.15, 0.2) is 0 Å². The van der Waals surface area contributed by atoms with Crippen LogP contribution in [0.3, 0.4) is 0 Å². The van der Waals surface area contributed by atoms with E-state index in [0.717, 1.165) is 6.42 Å². The second-order valence-corrected chi connectivity index (χ2v) is 5.85. The Bertz CT molecular complexity index is 456. The molecule has 98 valence electrons. The van der Waals surface area contributed by atoms with Gasteiger partial charge in [0.25, 0.3) is 5.91 Å². The summed E-state index contributed by atoms with van der Waals surface area (Å²) in [6, 6.07) is 4.37. The normalized spacial score (nSPS) is 24.1. The zero-order valence-corrected chi connectivity index (χ0v) is 11.8. The highest BCUT2D eigenvalue weighted by Crippen LogP contribution is 2.21. The van der Waals surface area contributed by atoms with Crippen molar-refractivity contribution in [1.82, 2.24) is 4.90 Å². The summed E-state index contributed by atoms with van der Waals surface area (Å²) in [5.74, 6) is -0.418. The molecular weight excluding hydrogens is 299 g/mol. The van der Waals surface area contributed by atoms with Crippen LogP contribution in [0.4, 0.5) is 4.39 Å². The SMILES string of the molecule is CC1CC(N)CN(C(=O)c2cc(Br)ccc2F)C1. The molecule has 2 unspecified atom stereocenters. The standard InChI is InChI=1S/C13H16BrFN2O/c1-8-4-10(16)7-17(6-8)13(18)11-5-9(14)2-3-12(11)15/h2-3,5,8,10H,4,6-7,16H2,1H3. The molecule has 1 saturated heterocycles. The summed E-state index contributed by atoms with van der Waals surface area (Å²) in [4.78, 5) is 13.9. The first-order valence-corrected chi connectivity index (χ1v) is 6.76. The third-order valence-corrected chi connectivity index (χ3v) is 3.63. The fourth-order valence-corrected chi connectivity index (χ4v) is 2.76. The third-order valence-electron chi connectivity index (χ3n) is 3.14. The summed E-state index contributed by atoms with van der Waals surface area (Å²) in [5.41, 5.74) is 6.00. The van der Waals surface area contributed by atoms with E-state index < -0.39 is 5.82 Å². The van der Waals surface area contributed by atoms with Crippen molar-refractivity contribution < 1.29 is 9.18 Å². The van der Waals surface area contributed by atoms with Gasteiger partial charge < -0.3 is 10.6 Å². The van der Waals surface area contributed by atoms with Crippen LogP contribution in [-0.2, 0) is 0 Å². The van der Waals surface area contributed by atoms with Crippen molar-refractivity contribution in [2.45, 2.75) is 19.4 Å². The third kappa shape index (κ3) is 2.90. The fraction of sp³-hybridized carbons (Fsp3) is 0.462. The Labute approximate surface area is 114 Å². The summed E-state index contributed by atoms with van der Waals surface area (Å²) in [7, 11) is 0. The number of carbonyl (C=O) groups excluding carboxylic acids is 1. The van der Waals surface area contributed by atoms with Crippen LogP contribution in [0.5, 0.6) is 0 Å². The lowest BCUT2D eigenvalue weighted by Crippen LogP contribution is -2.49. The highest BCUT2D eigenvalue weighted by Gasteiger charge is 2.27. The molecule has 0 aromatic heterocycles. The molecule has 5 heteroatoms. The lowest BCUT2D eigenvalue weighted by molar-refractivity contribution is 0.0656. The largest absolute Gasteiger partial charge is 0.337 e. The number of halogens is 2. The minimum Gasteiger partial charge on any atom is -0.337 e. The number of piperidine rings is 1. The fourth-order valence-electron chi connectivity index (χ4n) is 2.40. The van der Waals surface area contributed by atoms with Crippen molar-refractivity contribution in [1.29, 1.82) is 0 Å². The Balaban J connectivity index is 2.22. The number of benzene rings is 1. The minimum absolute atomic E-state index is 0.0204. The van der Waals surface area contributed by atoms with Gasteiger partial charge in [0.2, 0.25) is 0 Å². The molecule has 18 heavy (non-hydrogen) atoms. The molecule has 1 aromatic rings. The first-order chi connectivity index (χ1) is 8.47. The summed E-state index contributed by atoms with van der Waals surface area (Å²) in [5, 5.41) is 0. The number of likely N-dealkylation sites (tertiary alicyclic amines) is 1. The van der Waals surface area contributed by atoms with E-state index >= 15 is 0 Å². The predicted octanol–water partition coefficient (Wildman–Crippen LogP) is 2.40. The lowest BCUT2D eigenvalue weighted by atomic mass is 9.96. The van der Waals surface area contributed by atoms with Crippen molar-refractivity contribution in [2.24, 2.45) is 11.7 Å². The van der Waals surface area contributed by atoms with E-state index in [4.69, 9.17) is 5.73 Å². The van der Waals surface area contributed by atoms with Crippen LogP contribution in [0.1, 0.15) is 23.7 Å². The molecular formula is C13H16BrFN2O. The molecule has 0 bridgehead atoms. The van der Waals surface area contributed by atoms with Gasteiger partial charge in [-0.2, -0.15) is 0 Å². The van der Waals surface area contributed by atoms with Crippen molar-refractivity contribution in [3.8, 4) is 0 Å². The molecule has 1 fully saturated rings. The Hall–Kier alpha value is -0.940. The lowest BCUT2D eigenvalue weighted by Gasteiger charge is -2.34. The average molecular weight is 315 g/mol. The maximum absolute atomic E-state index is 13.7. The van der Waals surface area contributed by atoms with Crippen LogP contribution in [0.2, 0.25) is 0 Å². The average Bonchev–Trinajstić information content (AvgIpc) is 2.30. The predicted molar refractivity (Wildman–Crippen MR) is 71.8 cm³/mol. The highest BCUT2D eigenvalue weighted by atomic mass is 79.9. The molecule has 2 rings (SSSR count). The second kappa shape index (κ2) is 5.36. The van der Waals surface area contributed by atoms with E-state index in [2.05, 4.69) is 22.9 Å². The molecule has 1 aliphatic heterocycles. The molecule has 2 N–H and O–H groups in total. The van der Waals surface area contributed by atoms with Crippen LogP contribution in [-0.4, -0.2) is 29.9 Å². The molecule has 1 aromatic carbocycles. The number of nitrogens with two attached hydrogens (primary N) is 1. The monoisotopic (exact) mass is 314 g/mol. The Morgan fingerprint density at radius 1 is 1.50 bits per heavy atom. The van der Waals surface area contributed by atoms with Gasteiger partial charge in [-0.1, -0.05) is 22.9 Å². The van der Waals surface area contributed by atoms with Crippen molar-refractivity contribution in [2.75, 3.05) is 13.1 Å². The van der Waals surface area contributed by atoms with E-state index in [-0.39, 0.29) is 17.5 Å². The Morgan fingerprint density at radius 3 is 2.89 bits per heavy atom. The molecule has 0 spiro atoms. The molecule has 0 aliphatic carbocycles. The van der Waals surface area contributed by atoms with Gasteiger partial charge in [-0.05, 0) is 30.5 Å². The molecule has 1 heterocycles. The van der Waals surface area contributed by atoms with Gasteiger partial charge in [0.05, 0.1) is 5.56 Å². The van der Waals surface area contributed by atoms with Gasteiger partial charge in [0, 0.05) is 23.6 Å². The van der Waals surface area contributed by atoms with Crippen LogP contribution in [0.15, 0.2) is 22.7 Å². The zero-order valence-electron chi connectivity index (χ0n) is 10.2. The van der Waals surface area contributed by atoms with Crippen LogP contribution in [0, 0.1) is 11.7 Å². The number of nitrogens with zero attached hydrogens (tertiary/aromatic N) is 1. The minimum atomic E-state index is -0.491. The molecule has 0 radical (unpaired) electrons. The van der Waals surface area contributed by atoms with Gasteiger partial charge in [0.1, 0.15) is 5.82 Å². The quantitative estimate of drug-likeness (QED) is 0.865. The molecule has 1 amide bonds. The number of rotatable bonds is 1. The summed E-state index contributed by atoms with van der Waals surface area (Å²) >= 11 is 3.25. The maximum atomic E-state index is 13.7. The molecule has 0 saturated carbocycles. The van der Waals surface area contributed by atoms with E-state index in [1.165, 1.54) is 12.1 Å². The highest BCUT2D eigenvalue weighted by molar-refractivity contribution is 9.10. The smallest absolute Gasteiger partial charge is 0.256 e. The number of amides is 1. The second-order valence-electron chi connectivity index (χ2n) is 4.94. The maximum Gasteiger partial charge on any atom is 0.256 e. The van der Waals surface area contributed by atoms with E-state index in [0.29, 0.717) is 23.5 Å². The van der Waals surface area contributed by atoms with Crippen molar-refractivity contribution >= 4 is 21.8 Å². The van der Waals surface area contributed by atoms with Gasteiger partial charge in [-0.3, -0.25) is 4.79 Å². The number of hydrogen-bond acceptors (Lipinski definition) is 2. The van der Waals surface area contributed by atoms with Gasteiger partial charge >= 0.3 is 0 Å². The Kier molecular flexibility index (Phi) is 4.02. The van der Waals surface area contributed by atoms with E-state index in [1.807, 2.05) is 0 Å². The first kappa shape index (κ1) is 13.5. The van der Waals surface area contributed by atoms with E-state index in [9.17, 15) is 9.18 Å². The summed E-state index contributed by atoms with van der Waals surface area (Å²) < 4.78 is 14.4. The summed E-state index contributed by atoms with van der Waals surface area (Å²) in [6.45, 7) is 3.18. The Morgan fingerprint density at radius 2 is 2.22 bits per heavy atom. The van der Waals surface area contributed by atoms with Crippen molar-refractivity contribution in [3.63, 3.8) is 0 Å².